The fraction of sp³-hybridized carbons (Fsp3) is 0.538. The van der Waals surface area contributed by atoms with Crippen LogP contribution in [-0.4, -0.2) is 20.1 Å². The molecule has 1 rings (SSSR count). The van der Waals surface area contributed by atoms with Gasteiger partial charge in [0.1, 0.15) is 0 Å². The summed E-state index contributed by atoms with van der Waals surface area (Å²) in [6, 6.07) is 7.13. The van der Waals surface area contributed by atoms with Gasteiger partial charge >= 0.3 is 0 Å². The van der Waals surface area contributed by atoms with Crippen molar-refractivity contribution in [2.45, 2.75) is 31.6 Å². The molecule has 2 nitrogen and oxygen atoms in total. The molecule has 0 radical (unpaired) electrons. The fourth-order valence-electron chi connectivity index (χ4n) is 1.58. The summed E-state index contributed by atoms with van der Waals surface area (Å²) in [5.74, 6) is 0.862. The minimum absolute atomic E-state index is 0.0218. The van der Waals surface area contributed by atoms with Crippen LogP contribution in [-0.2, 0) is 9.84 Å². The number of alkyl halides is 1. The van der Waals surface area contributed by atoms with Gasteiger partial charge in [-0.1, -0.05) is 32.9 Å². The van der Waals surface area contributed by atoms with Crippen LogP contribution in [0.3, 0.4) is 0 Å². The van der Waals surface area contributed by atoms with Crippen LogP contribution in [0.5, 0.6) is 0 Å². The topological polar surface area (TPSA) is 34.1 Å². The molecule has 0 saturated carbocycles. The van der Waals surface area contributed by atoms with E-state index in [1.54, 1.807) is 12.1 Å². The van der Waals surface area contributed by atoms with Crippen LogP contribution in [0.15, 0.2) is 29.2 Å². The van der Waals surface area contributed by atoms with Gasteiger partial charge in [-0.15, -0.1) is 11.6 Å². The zero-order valence-electron chi connectivity index (χ0n) is 10.5. The van der Waals surface area contributed by atoms with Crippen LogP contribution in [0, 0.1) is 5.92 Å². The standard InChI is InChI=1S/C13H19ClO2S/c1-10(2)12-4-6-13(7-5-12)17(15,16)9-11(3)8-14/h4-7,10-11H,8-9H2,1-3H3. The van der Waals surface area contributed by atoms with Gasteiger partial charge in [-0.2, -0.15) is 0 Å². The Kier molecular flexibility index (Phi) is 5.02. The van der Waals surface area contributed by atoms with Gasteiger partial charge in [0.2, 0.25) is 0 Å². The third-order valence-electron chi connectivity index (χ3n) is 2.67. The first-order valence-corrected chi connectivity index (χ1v) is 7.94. The molecular formula is C13H19ClO2S. The Balaban J connectivity index is 2.92. The van der Waals surface area contributed by atoms with E-state index in [0.717, 1.165) is 5.56 Å². The SMILES string of the molecule is CC(CCl)CS(=O)(=O)c1ccc(C(C)C)cc1. The summed E-state index contributed by atoms with van der Waals surface area (Å²) in [5.41, 5.74) is 1.15. The molecule has 0 aliphatic heterocycles. The lowest BCUT2D eigenvalue weighted by molar-refractivity contribution is 0.583. The summed E-state index contributed by atoms with van der Waals surface area (Å²) >= 11 is 5.65. The Morgan fingerprint density at radius 1 is 1.12 bits per heavy atom. The summed E-state index contributed by atoms with van der Waals surface area (Å²) in [6.45, 7) is 6.01. The minimum Gasteiger partial charge on any atom is -0.224 e. The predicted octanol–water partition coefficient (Wildman–Crippen LogP) is 3.46. The van der Waals surface area contributed by atoms with E-state index in [9.17, 15) is 8.42 Å². The smallest absolute Gasteiger partial charge is 0.178 e. The quantitative estimate of drug-likeness (QED) is 0.771. The normalized spacial score (nSPS) is 13.9. The third kappa shape index (κ3) is 4.00. The van der Waals surface area contributed by atoms with Crippen LogP contribution >= 0.6 is 11.6 Å². The Hall–Kier alpha value is -0.540. The van der Waals surface area contributed by atoms with Gasteiger partial charge in [0.15, 0.2) is 9.84 Å². The van der Waals surface area contributed by atoms with Crippen LogP contribution in [0.2, 0.25) is 0 Å². The van der Waals surface area contributed by atoms with Gasteiger partial charge in [0.05, 0.1) is 10.6 Å². The van der Waals surface area contributed by atoms with Crippen molar-refractivity contribution in [1.82, 2.24) is 0 Å². The average Bonchev–Trinajstić information content (AvgIpc) is 2.28. The highest BCUT2D eigenvalue weighted by Crippen LogP contribution is 2.19. The van der Waals surface area contributed by atoms with Crippen LogP contribution in [0.25, 0.3) is 0 Å². The van der Waals surface area contributed by atoms with E-state index in [0.29, 0.717) is 16.7 Å². The second-order valence-corrected chi connectivity index (χ2v) is 7.11. The molecule has 1 aromatic rings. The van der Waals surface area contributed by atoms with E-state index in [-0.39, 0.29) is 11.7 Å². The van der Waals surface area contributed by atoms with Gasteiger partial charge in [-0.25, -0.2) is 8.42 Å². The molecule has 1 aromatic carbocycles. The van der Waals surface area contributed by atoms with Crippen molar-refractivity contribution in [3.8, 4) is 0 Å². The molecule has 0 amide bonds. The molecule has 1 unspecified atom stereocenters. The Morgan fingerprint density at radius 2 is 1.65 bits per heavy atom. The van der Waals surface area contributed by atoms with Crippen molar-refractivity contribution in [2.24, 2.45) is 5.92 Å². The number of sulfone groups is 1. The summed E-state index contributed by atoms with van der Waals surface area (Å²) in [6.07, 6.45) is 0. The molecule has 1 atom stereocenters. The van der Waals surface area contributed by atoms with Crippen molar-refractivity contribution in [1.29, 1.82) is 0 Å². The van der Waals surface area contributed by atoms with Gasteiger partial charge in [-0.05, 0) is 29.5 Å². The second-order valence-electron chi connectivity index (χ2n) is 4.76. The van der Waals surface area contributed by atoms with Gasteiger partial charge in [0.25, 0.3) is 0 Å². The molecule has 0 aliphatic carbocycles. The number of hydrogen-bond acceptors (Lipinski definition) is 2. The first kappa shape index (κ1) is 14.5. The lowest BCUT2D eigenvalue weighted by atomic mass is 10.0. The summed E-state index contributed by atoms with van der Waals surface area (Å²) in [7, 11) is -3.20. The van der Waals surface area contributed by atoms with Crippen LogP contribution in [0.1, 0.15) is 32.3 Å². The molecule has 0 fully saturated rings. The van der Waals surface area contributed by atoms with Crippen molar-refractivity contribution in [2.75, 3.05) is 11.6 Å². The first-order chi connectivity index (χ1) is 7.86. The molecule has 0 aromatic heterocycles. The molecule has 0 bridgehead atoms. The lowest BCUT2D eigenvalue weighted by Crippen LogP contribution is -2.15. The molecule has 96 valence electrons. The van der Waals surface area contributed by atoms with Crippen LogP contribution < -0.4 is 0 Å². The lowest BCUT2D eigenvalue weighted by Gasteiger charge is -2.10. The highest BCUT2D eigenvalue weighted by atomic mass is 35.5. The Labute approximate surface area is 109 Å². The van der Waals surface area contributed by atoms with Gasteiger partial charge in [-0.3, -0.25) is 0 Å². The number of benzene rings is 1. The number of hydrogen-bond donors (Lipinski definition) is 0. The monoisotopic (exact) mass is 274 g/mol. The van der Waals surface area contributed by atoms with Crippen LogP contribution in [0.4, 0.5) is 0 Å². The third-order valence-corrected chi connectivity index (χ3v) is 5.20. The van der Waals surface area contributed by atoms with E-state index < -0.39 is 9.84 Å². The van der Waals surface area contributed by atoms with Gasteiger partial charge in [0, 0.05) is 5.88 Å². The molecule has 0 aliphatic rings. The minimum atomic E-state index is -3.20. The first-order valence-electron chi connectivity index (χ1n) is 5.75. The Morgan fingerprint density at radius 3 is 2.06 bits per heavy atom. The zero-order chi connectivity index (χ0) is 13.1. The summed E-state index contributed by atoms with van der Waals surface area (Å²) in [5, 5.41) is 0. The molecular weight excluding hydrogens is 256 g/mol. The molecule has 4 heteroatoms. The maximum absolute atomic E-state index is 12.0. The van der Waals surface area contributed by atoms with E-state index in [4.69, 9.17) is 11.6 Å². The molecule has 0 spiro atoms. The molecule has 0 saturated heterocycles. The predicted molar refractivity (Wildman–Crippen MR) is 72.5 cm³/mol. The zero-order valence-corrected chi connectivity index (χ0v) is 12.1. The van der Waals surface area contributed by atoms with Crippen molar-refractivity contribution in [3.05, 3.63) is 29.8 Å². The molecule has 0 N–H and O–H groups in total. The van der Waals surface area contributed by atoms with Crippen molar-refractivity contribution >= 4 is 21.4 Å². The van der Waals surface area contributed by atoms with Gasteiger partial charge < -0.3 is 0 Å². The van der Waals surface area contributed by atoms with Crippen molar-refractivity contribution in [3.63, 3.8) is 0 Å². The maximum Gasteiger partial charge on any atom is 0.178 e. The fourth-order valence-corrected chi connectivity index (χ4v) is 3.42. The Bertz CT molecular complexity index is 449. The number of halogens is 1. The maximum atomic E-state index is 12.0. The summed E-state index contributed by atoms with van der Waals surface area (Å²) < 4.78 is 24.0. The second kappa shape index (κ2) is 5.87. The highest BCUT2D eigenvalue weighted by Gasteiger charge is 2.18. The number of rotatable bonds is 5. The van der Waals surface area contributed by atoms with E-state index in [1.165, 1.54) is 0 Å². The van der Waals surface area contributed by atoms with E-state index in [2.05, 4.69) is 13.8 Å². The summed E-state index contributed by atoms with van der Waals surface area (Å²) in [4.78, 5) is 0.388. The largest absolute Gasteiger partial charge is 0.224 e. The highest BCUT2D eigenvalue weighted by molar-refractivity contribution is 7.91. The van der Waals surface area contributed by atoms with E-state index in [1.807, 2.05) is 19.1 Å². The average molecular weight is 275 g/mol. The van der Waals surface area contributed by atoms with Crippen molar-refractivity contribution < 1.29 is 8.42 Å². The van der Waals surface area contributed by atoms with E-state index >= 15 is 0 Å². The molecule has 17 heavy (non-hydrogen) atoms. The molecule has 0 heterocycles.